The molecule has 0 saturated heterocycles. The standard InChI is InChI=1S/C16H27N3O2/c1-4-5-10-19(2)11-6-7-16(20)18-15-9-8-13(21-3)12-14(15)17/h8-9,12H,4-7,10-11,17H2,1-3H3,(H,18,20). The fourth-order valence-electron chi connectivity index (χ4n) is 2.04. The number of nitrogens with one attached hydrogen (secondary N) is 1. The highest BCUT2D eigenvalue weighted by molar-refractivity contribution is 5.93. The van der Waals surface area contributed by atoms with Gasteiger partial charge < -0.3 is 20.7 Å². The molecule has 0 spiro atoms. The molecule has 118 valence electrons. The van der Waals surface area contributed by atoms with Gasteiger partial charge in [0.1, 0.15) is 5.75 Å². The molecule has 0 saturated carbocycles. The van der Waals surface area contributed by atoms with E-state index in [9.17, 15) is 4.79 Å². The second kappa shape index (κ2) is 9.23. The van der Waals surface area contributed by atoms with Crippen molar-refractivity contribution in [1.82, 2.24) is 4.90 Å². The summed E-state index contributed by atoms with van der Waals surface area (Å²) in [6, 6.07) is 5.25. The number of unbranched alkanes of at least 4 members (excludes halogenated alkanes) is 1. The van der Waals surface area contributed by atoms with Crippen LogP contribution in [-0.2, 0) is 4.79 Å². The van der Waals surface area contributed by atoms with E-state index in [2.05, 4.69) is 24.2 Å². The molecule has 0 unspecified atom stereocenters. The fraction of sp³-hybridized carbons (Fsp3) is 0.562. The van der Waals surface area contributed by atoms with Gasteiger partial charge in [-0.15, -0.1) is 0 Å². The highest BCUT2D eigenvalue weighted by Crippen LogP contribution is 2.24. The molecule has 1 aromatic carbocycles. The van der Waals surface area contributed by atoms with Crippen LogP contribution in [0.25, 0.3) is 0 Å². The molecule has 1 amide bonds. The lowest BCUT2D eigenvalue weighted by molar-refractivity contribution is -0.116. The summed E-state index contributed by atoms with van der Waals surface area (Å²) in [5.41, 5.74) is 7.03. The van der Waals surface area contributed by atoms with Gasteiger partial charge in [0, 0.05) is 12.5 Å². The van der Waals surface area contributed by atoms with E-state index in [1.165, 1.54) is 12.8 Å². The van der Waals surface area contributed by atoms with Crippen molar-refractivity contribution < 1.29 is 9.53 Å². The third-order valence-electron chi connectivity index (χ3n) is 3.37. The molecule has 21 heavy (non-hydrogen) atoms. The van der Waals surface area contributed by atoms with Gasteiger partial charge in [-0.25, -0.2) is 0 Å². The number of benzene rings is 1. The number of anilines is 2. The SMILES string of the molecule is CCCCN(C)CCCC(=O)Nc1ccc(OC)cc1N. The molecule has 0 aromatic heterocycles. The molecule has 5 heteroatoms. The quantitative estimate of drug-likeness (QED) is 0.687. The first-order valence-electron chi connectivity index (χ1n) is 7.48. The summed E-state index contributed by atoms with van der Waals surface area (Å²) in [6.45, 7) is 4.20. The van der Waals surface area contributed by atoms with Gasteiger partial charge >= 0.3 is 0 Å². The van der Waals surface area contributed by atoms with Gasteiger partial charge in [-0.3, -0.25) is 4.79 Å². The minimum Gasteiger partial charge on any atom is -0.497 e. The summed E-state index contributed by atoms with van der Waals surface area (Å²) in [5, 5.41) is 2.84. The number of nitrogens with two attached hydrogens (primary N) is 1. The van der Waals surface area contributed by atoms with Gasteiger partial charge in [0.05, 0.1) is 18.5 Å². The van der Waals surface area contributed by atoms with Crippen LogP contribution in [0.5, 0.6) is 5.75 Å². The minimum absolute atomic E-state index is 0.00393. The highest BCUT2D eigenvalue weighted by Gasteiger charge is 2.07. The predicted octanol–water partition coefficient (Wildman–Crippen LogP) is 2.73. The molecule has 3 N–H and O–H groups in total. The molecular formula is C16H27N3O2. The first-order valence-corrected chi connectivity index (χ1v) is 7.48. The molecule has 1 rings (SSSR count). The Kier molecular flexibility index (Phi) is 7.61. The van der Waals surface area contributed by atoms with Crippen molar-refractivity contribution >= 4 is 17.3 Å². The molecule has 0 fully saturated rings. The summed E-state index contributed by atoms with van der Waals surface area (Å²) < 4.78 is 5.08. The summed E-state index contributed by atoms with van der Waals surface area (Å²) >= 11 is 0. The number of carbonyl (C=O) groups is 1. The number of nitrogen functional groups attached to an aromatic ring is 1. The molecule has 0 bridgehead atoms. The average Bonchev–Trinajstić information content (AvgIpc) is 2.47. The summed E-state index contributed by atoms with van der Waals surface area (Å²) in [6.07, 6.45) is 3.75. The fourth-order valence-corrected chi connectivity index (χ4v) is 2.04. The topological polar surface area (TPSA) is 67.6 Å². The Morgan fingerprint density at radius 2 is 2.05 bits per heavy atom. The molecule has 1 aromatic rings. The van der Waals surface area contributed by atoms with Crippen molar-refractivity contribution in [3.8, 4) is 5.75 Å². The van der Waals surface area contributed by atoms with Crippen molar-refractivity contribution in [3.63, 3.8) is 0 Å². The minimum atomic E-state index is -0.00393. The Bertz CT molecular complexity index is 449. The van der Waals surface area contributed by atoms with Crippen LogP contribution in [0.4, 0.5) is 11.4 Å². The smallest absolute Gasteiger partial charge is 0.224 e. The lowest BCUT2D eigenvalue weighted by Crippen LogP contribution is -2.22. The van der Waals surface area contributed by atoms with Gasteiger partial charge in [0.15, 0.2) is 0 Å². The number of hydrogen-bond donors (Lipinski definition) is 2. The van der Waals surface area contributed by atoms with Crippen LogP contribution in [0.15, 0.2) is 18.2 Å². The Hall–Kier alpha value is -1.75. The number of hydrogen-bond acceptors (Lipinski definition) is 4. The van der Waals surface area contributed by atoms with E-state index < -0.39 is 0 Å². The molecular weight excluding hydrogens is 266 g/mol. The van der Waals surface area contributed by atoms with E-state index in [-0.39, 0.29) is 5.91 Å². The van der Waals surface area contributed by atoms with Gasteiger partial charge in [-0.2, -0.15) is 0 Å². The van der Waals surface area contributed by atoms with Gasteiger partial charge in [-0.1, -0.05) is 13.3 Å². The zero-order valence-corrected chi connectivity index (χ0v) is 13.3. The van der Waals surface area contributed by atoms with Crippen molar-refractivity contribution in [1.29, 1.82) is 0 Å². The van der Waals surface area contributed by atoms with E-state index in [1.54, 1.807) is 25.3 Å². The van der Waals surface area contributed by atoms with Crippen molar-refractivity contribution in [2.24, 2.45) is 0 Å². The van der Waals surface area contributed by atoms with E-state index in [0.717, 1.165) is 19.5 Å². The van der Waals surface area contributed by atoms with E-state index in [0.29, 0.717) is 23.5 Å². The van der Waals surface area contributed by atoms with Crippen LogP contribution >= 0.6 is 0 Å². The zero-order chi connectivity index (χ0) is 15.7. The Morgan fingerprint density at radius 3 is 2.67 bits per heavy atom. The van der Waals surface area contributed by atoms with Crippen LogP contribution in [0.2, 0.25) is 0 Å². The van der Waals surface area contributed by atoms with Crippen LogP contribution in [0, 0.1) is 0 Å². The average molecular weight is 293 g/mol. The number of rotatable bonds is 9. The maximum atomic E-state index is 11.9. The number of nitrogens with zero attached hydrogens (tertiary/aromatic N) is 1. The van der Waals surface area contributed by atoms with E-state index >= 15 is 0 Å². The lowest BCUT2D eigenvalue weighted by Gasteiger charge is -2.15. The number of carbonyl (C=O) groups excluding carboxylic acids is 1. The van der Waals surface area contributed by atoms with Crippen molar-refractivity contribution in [2.75, 3.05) is 38.3 Å². The van der Waals surface area contributed by atoms with Crippen LogP contribution in [0.3, 0.4) is 0 Å². The Labute approximate surface area is 127 Å². The maximum absolute atomic E-state index is 11.9. The molecule has 0 heterocycles. The lowest BCUT2D eigenvalue weighted by atomic mass is 10.2. The Balaban J connectivity index is 2.33. The molecule has 0 aliphatic carbocycles. The molecule has 0 radical (unpaired) electrons. The second-order valence-corrected chi connectivity index (χ2v) is 5.26. The Morgan fingerprint density at radius 1 is 1.33 bits per heavy atom. The van der Waals surface area contributed by atoms with E-state index in [4.69, 9.17) is 10.5 Å². The monoisotopic (exact) mass is 293 g/mol. The molecule has 0 aliphatic heterocycles. The third-order valence-corrected chi connectivity index (χ3v) is 3.37. The summed E-state index contributed by atoms with van der Waals surface area (Å²) in [4.78, 5) is 14.2. The highest BCUT2D eigenvalue weighted by atomic mass is 16.5. The van der Waals surface area contributed by atoms with Gasteiger partial charge in [0.2, 0.25) is 5.91 Å². The molecule has 5 nitrogen and oxygen atoms in total. The zero-order valence-electron chi connectivity index (χ0n) is 13.3. The molecule has 0 aliphatic rings. The number of ether oxygens (including phenoxy) is 1. The summed E-state index contributed by atoms with van der Waals surface area (Å²) in [5.74, 6) is 0.679. The van der Waals surface area contributed by atoms with Crippen molar-refractivity contribution in [2.45, 2.75) is 32.6 Å². The van der Waals surface area contributed by atoms with Gasteiger partial charge in [-0.05, 0) is 45.1 Å². The predicted molar refractivity (Wildman–Crippen MR) is 87.7 cm³/mol. The van der Waals surface area contributed by atoms with Crippen LogP contribution < -0.4 is 15.8 Å². The molecule has 0 atom stereocenters. The maximum Gasteiger partial charge on any atom is 0.224 e. The summed E-state index contributed by atoms with van der Waals surface area (Å²) in [7, 11) is 3.68. The number of amides is 1. The van der Waals surface area contributed by atoms with Crippen molar-refractivity contribution in [3.05, 3.63) is 18.2 Å². The van der Waals surface area contributed by atoms with Gasteiger partial charge in [0.25, 0.3) is 0 Å². The first kappa shape index (κ1) is 17.3. The third kappa shape index (κ3) is 6.49. The largest absolute Gasteiger partial charge is 0.497 e. The normalized spacial score (nSPS) is 10.7. The number of methoxy groups -OCH3 is 1. The van der Waals surface area contributed by atoms with Crippen LogP contribution in [-0.4, -0.2) is 38.1 Å². The first-order chi connectivity index (χ1) is 10.1. The van der Waals surface area contributed by atoms with Crippen LogP contribution in [0.1, 0.15) is 32.6 Å². The second-order valence-electron chi connectivity index (χ2n) is 5.26. The van der Waals surface area contributed by atoms with E-state index in [1.807, 2.05) is 0 Å².